The highest BCUT2D eigenvalue weighted by atomic mass is 16.3. The van der Waals surface area contributed by atoms with Crippen molar-refractivity contribution in [3.8, 4) is 33.4 Å². The van der Waals surface area contributed by atoms with E-state index in [1.54, 1.807) is 12.1 Å². The van der Waals surface area contributed by atoms with Gasteiger partial charge < -0.3 is 4.42 Å². The molecule has 0 unspecified atom stereocenters. The zero-order chi connectivity index (χ0) is 46.5. The fraction of sp³-hybridized carbons (Fsp3) is 0. The lowest BCUT2D eigenvalue weighted by Gasteiger charge is -2.20. The predicted molar refractivity (Wildman–Crippen MR) is 218 cm³/mol. The summed E-state index contributed by atoms with van der Waals surface area (Å²) in [6.07, 6.45) is 0. The first kappa shape index (κ1) is 17.3. The average molecular weight is 662 g/mol. The molecular weight excluding hydrogens is 617 g/mol. The third-order valence-electron chi connectivity index (χ3n) is 9.78. The third-order valence-corrected chi connectivity index (χ3v) is 9.78. The minimum Gasteiger partial charge on any atom is -0.456 e. The van der Waals surface area contributed by atoms with Gasteiger partial charge in [0.1, 0.15) is 11.2 Å². The Balaban J connectivity index is 1.35. The highest BCUT2D eigenvalue weighted by Gasteiger charge is 2.21. The molecule has 0 atom stereocenters. The summed E-state index contributed by atoms with van der Waals surface area (Å²) in [7, 11) is 0. The van der Waals surface area contributed by atoms with Crippen molar-refractivity contribution in [3.63, 3.8) is 0 Å². The van der Waals surface area contributed by atoms with Crippen LogP contribution in [0.5, 0.6) is 0 Å². The lowest BCUT2D eigenvalue weighted by molar-refractivity contribution is 0.669. The molecule has 10 aromatic carbocycles. The zero-order valence-electron chi connectivity index (χ0n) is 41.6. The van der Waals surface area contributed by atoms with Crippen LogP contribution in [0.2, 0.25) is 0 Å². The first-order valence-corrected chi connectivity index (χ1v) is 16.4. The second-order valence-corrected chi connectivity index (χ2v) is 12.4. The molecule has 0 aliphatic heterocycles. The molecule has 1 heterocycles. The first-order valence-electron chi connectivity index (χ1n) is 23.9. The van der Waals surface area contributed by atoms with E-state index in [2.05, 4.69) is 6.07 Å². The molecule has 11 aromatic rings. The van der Waals surface area contributed by atoms with Crippen molar-refractivity contribution in [1.29, 1.82) is 0 Å². The largest absolute Gasteiger partial charge is 0.456 e. The van der Waals surface area contributed by atoms with Gasteiger partial charge >= 0.3 is 0 Å². The molecule has 1 nitrogen and oxygen atoms in total. The minimum atomic E-state index is -0.759. The maximum absolute atomic E-state index is 9.56. The Morgan fingerprint density at radius 3 is 1.63 bits per heavy atom. The van der Waals surface area contributed by atoms with Crippen LogP contribution in [0.1, 0.15) is 20.6 Å². The summed E-state index contributed by atoms with van der Waals surface area (Å²) in [5, 5.41) is 3.25. The minimum absolute atomic E-state index is 0.0323. The summed E-state index contributed by atoms with van der Waals surface area (Å²) in [5.74, 6) is 0. The molecule has 0 radical (unpaired) electrons. The van der Waals surface area contributed by atoms with E-state index in [4.69, 9.17) is 18.1 Å². The third kappa shape index (κ3) is 4.16. The molecular formula is C50H30O. The molecule has 11 rings (SSSR count). The van der Waals surface area contributed by atoms with Crippen molar-refractivity contribution in [3.05, 3.63) is 182 Å². The summed E-state index contributed by atoms with van der Waals surface area (Å²) >= 11 is 0. The van der Waals surface area contributed by atoms with Gasteiger partial charge in [0.2, 0.25) is 0 Å². The van der Waals surface area contributed by atoms with Crippen LogP contribution in [-0.2, 0) is 0 Å². The Bertz CT molecular complexity index is 3970. The lowest BCUT2D eigenvalue weighted by Crippen LogP contribution is -1.93. The number of hydrogen-bond acceptors (Lipinski definition) is 1. The van der Waals surface area contributed by atoms with Crippen LogP contribution in [0.4, 0.5) is 0 Å². The topological polar surface area (TPSA) is 13.1 Å². The summed E-state index contributed by atoms with van der Waals surface area (Å²) < 4.78 is 142. The molecule has 1 heteroatoms. The van der Waals surface area contributed by atoms with E-state index in [0.29, 0.717) is 27.5 Å². The van der Waals surface area contributed by atoms with Crippen molar-refractivity contribution < 1.29 is 25.0 Å². The van der Waals surface area contributed by atoms with E-state index in [1.165, 1.54) is 0 Å². The summed E-state index contributed by atoms with van der Waals surface area (Å²) in [6.45, 7) is 0. The Morgan fingerprint density at radius 1 is 0.333 bits per heavy atom. The monoisotopic (exact) mass is 661 g/mol. The van der Waals surface area contributed by atoms with Gasteiger partial charge in [-0.15, -0.1) is 0 Å². The van der Waals surface area contributed by atoms with Crippen molar-refractivity contribution >= 4 is 75.8 Å². The maximum atomic E-state index is 9.56. The standard InChI is InChI=1S/C50H30O/c1-2-15-33-30-47-45(29-32(33)14-1)50-39(25-12-26-46(50)51-47)37-27-28-44(36-19-6-5-18-35(36)37)49-42-22-9-7-20-40(42)48(41-21-8-10-23-43(41)49)38-24-11-16-31-13-3-4-17-34(31)38/h1-30H/i3D,4D,7D,8D,9D,10D,11D,13D,16D,17D,20D,21D,22D,23D,24D. The molecule has 0 bridgehead atoms. The zero-order valence-corrected chi connectivity index (χ0v) is 26.6. The molecule has 51 heavy (non-hydrogen) atoms. The molecule has 0 spiro atoms. The molecule has 1 aromatic heterocycles. The SMILES string of the molecule is [2H]c1c([2H])c([2H])c2c(-c3c4c([2H])c([2H])c([2H])c([2H])c4c(-c4ccc(-c5cccc6oc7cc8ccccc8cc7c56)c5ccccc45)c4c([2H])c([2H])c([2H])c([2H])c34)c([2H])c([2H])c([2H])c2c1[2H]. The van der Waals surface area contributed by atoms with Gasteiger partial charge in [-0.2, -0.15) is 0 Å². The van der Waals surface area contributed by atoms with Gasteiger partial charge in [-0.25, -0.2) is 0 Å². The highest BCUT2D eigenvalue weighted by molar-refractivity contribution is 6.26. The quantitative estimate of drug-likeness (QED) is 0.172. The number of benzene rings is 10. The normalized spacial score (nSPS) is 16.0. The van der Waals surface area contributed by atoms with Crippen LogP contribution in [0.25, 0.3) is 109 Å². The van der Waals surface area contributed by atoms with Gasteiger partial charge in [0.05, 0.1) is 20.6 Å². The second-order valence-electron chi connectivity index (χ2n) is 12.4. The van der Waals surface area contributed by atoms with Crippen molar-refractivity contribution in [2.75, 3.05) is 0 Å². The van der Waals surface area contributed by atoms with Gasteiger partial charge in [-0.1, -0.05) is 163 Å². The van der Waals surface area contributed by atoms with Gasteiger partial charge in [0.15, 0.2) is 0 Å². The van der Waals surface area contributed by atoms with Crippen molar-refractivity contribution in [2.45, 2.75) is 0 Å². The van der Waals surface area contributed by atoms with Gasteiger partial charge in [-0.05, 0) is 105 Å². The van der Waals surface area contributed by atoms with E-state index >= 15 is 0 Å². The molecule has 0 fully saturated rings. The number of hydrogen-bond donors (Lipinski definition) is 0. The lowest BCUT2D eigenvalue weighted by atomic mass is 9.83. The fourth-order valence-electron chi connectivity index (χ4n) is 7.63. The van der Waals surface area contributed by atoms with Crippen LogP contribution in [-0.4, -0.2) is 0 Å². The number of furan rings is 1. The van der Waals surface area contributed by atoms with Crippen LogP contribution in [0.3, 0.4) is 0 Å². The van der Waals surface area contributed by atoms with Gasteiger partial charge in [0, 0.05) is 10.8 Å². The number of rotatable bonds is 3. The Morgan fingerprint density at radius 2 is 0.902 bits per heavy atom. The van der Waals surface area contributed by atoms with Crippen LogP contribution < -0.4 is 0 Å². The maximum Gasteiger partial charge on any atom is 0.136 e. The summed E-state index contributed by atoms with van der Waals surface area (Å²) in [4.78, 5) is 0. The van der Waals surface area contributed by atoms with Crippen molar-refractivity contribution in [1.82, 2.24) is 0 Å². The van der Waals surface area contributed by atoms with E-state index in [-0.39, 0.29) is 32.7 Å². The molecule has 0 saturated heterocycles. The molecule has 0 amide bonds. The Kier molecular flexibility index (Phi) is 3.70. The molecule has 236 valence electrons. The second kappa shape index (κ2) is 10.9. The number of fused-ring (bicyclic) bond motifs is 8. The van der Waals surface area contributed by atoms with Crippen LogP contribution in [0.15, 0.2) is 186 Å². The van der Waals surface area contributed by atoms with Crippen LogP contribution >= 0.6 is 0 Å². The van der Waals surface area contributed by atoms with Crippen LogP contribution in [0, 0.1) is 0 Å². The Hall–Kier alpha value is -6.70. The van der Waals surface area contributed by atoms with Gasteiger partial charge in [0.25, 0.3) is 0 Å². The van der Waals surface area contributed by atoms with Crippen molar-refractivity contribution in [2.24, 2.45) is 0 Å². The molecule has 0 N–H and O–H groups in total. The highest BCUT2D eigenvalue weighted by Crippen LogP contribution is 2.48. The molecule has 0 aliphatic rings. The van der Waals surface area contributed by atoms with Gasteiger partial charge in [-0.3, -0.25) is 0 Å². The van der Waals surface area contributed by atoms with E-state index in [9.17, 15) is 6.85 Å². The summed E-state index contributed by atoms with van der Waals surface area (Å²) in [6, 6.07) is 18.6. The predicted octanol–water partition coefficient (Wildman–Crippen LogP) is 14.4. The fourth-order valence-corrected chi connectivity index (χ4v) is 7.63. The first-order chi connectivity index (χ1) is 31.5. The molecule has 0 aliphatic carbocycles. The molecule has 0 saturated carbocycles. The van der Waals surface area contributed by atoms with E-state index in [0.717, 1.165) is 32.7 Å². The average Bonchev–Trinajstić information content (AvgIpc) is 3.69. The summed E-state index contributed by atoms with van der Waals surface area (Å²) in [5.41, 5.74) is 2.56. The smallest absolute Gasteiger partial charge is 0.136 e. The Labute approximate surface area is 315 Å². The van der Waals surface area contributed by atoms with E-state index < -0.39 is 107 Å². The van der Waals surface area contributed by atoms with E-state index in [1.807, 2.05) is 72.8 Å².